The molecular weight excluding hydrogens is 298 g/mol. The first-order valence-electron chi connectivity index (χ1n) is 9.04. The predicted molar refractivity (Wildman–Crippen MR) is 96.8 cm³/mol. The van der Waals surface area contributed by atoms with Gasteiger partial charge in [-0.1, -0.05) is 90.4 Å². The van der Waals surface area contributed by atoms with Crippen molar-refractivity contribution in [3.05, 3.63) is 0 Å². The van der Waals surface area contributed by atoms with Crippen LogP contribution in [0.4, 0.5) is 0 Å². The van der Waals surface area contributed by atoms with E-state index in [4.69, 9.17) is 10.3 Å². The highest BCUT2D eigenvalue weighted by atomic mass is 32.2. The van der Waals surface area contributed by atoms with Gasteiger partial charge in [0.25, 0.3) is 10.1 Å². The van der Waals surface area contributed by atoms with E-state index >= 15 is 0 Å². The average molecular weight is 338 g/mol. The smallest absolute Gasteiger partial charge is 0.261 e. The van der Waals surface area contributed by atoms with Gasteiger partial charge < -0.3 is 5.73 Å². The molecule has 22 heavy (non-hydrogen) atoms. The van der Waals surface area contributed by atoms with E-state index in [0.29, 0.717) is 6.26 Å². The third kappa shape index (κ3) is 36.8. The van der Waals surface area contributed by atoms with Crippen LogP contribution in [0.2, 0.25) is 0 Å². The van der Waals surface area contributed by atoms with E-state index in [1.165, 1.54) is 89.9 Å². The molecule has 4 nitrogen and oxygen atoms in total. The predicted octanol–water partition coefficient (Wildman–Crippen LogP) is 4.93. The van der Waals surface area contributed by atoms with E-state index in [9.17, 15) is 8.42 Å². The summed E-state index contributed by atoms with van der Waals surface area (Å²) in [5.41, 5.74) is 5.47. The van der Waals surface area contributed by atoms with Crippen LogP contribution in [-0.2, 0) is 10.1 Å². The molecule has 0 bridgehead atoms. The maximum atomic E-state index is 9.19. The van der Waals surface area contributed by atoms with Crippen LogP contribution in [0.1, 0.15) is 96.8 Å². The average Bonchev–Trinajstić information content (AvgIpc) is 2.42. The lowest BCUT2D eigenvalue weighted by Gasteiger charge is -2.02. The minimum absolute atomic E-state index is 0.715. The minimum atomic E-state index is -3.67. The molecule has 136 valence electrons. The Morgan fingerprint density at radius 2 is 0.909 bits per heavy atom. The maximum Gasteiger partial charge on any atom is 0.261 e. The van der Waals surface area contributed by atoms with Gasteiger partial charge in [0, 0.05) is 0 Å². The van der Waals surface area contributed by atoms with Gasteiger partial charge in [0.15, 0.2) is 0 Å². The quantitative estimate of drug-likeness (QED) is 0.348. The standard InChI is InChI=1S/C16H35N.CH4O3S/c1-2-3-4-5-6-7-8-9-10-11-12-13-14-15-16-17;1-5(2,3)4/h2-17H2,1H3;1H3,(H,2,3,4). The van der Waals surface area contributed by atoms with Crippen molar-refractivity contribution in [2.45, 2.75) is 96.8 Å². The molecule has 0 amide bonds. The molecule has 0 aliphatic heterocycles. The summed E-state index contributed by atoms with van der Waals surface area (Å²) in [4.78, 5) is 0. The van der Waals surface area contributed by atoms with E-state index in [2.05, 4.69) is 6.92 Å². The number of unbranched alkanes of at least 4 members (excludes halogenated alkanes) is 13. The molecule has 0 aromatic carbocycles. The highest BCUT2D eigenvalue weighted by Crippen LogP contribution is 2.12. The second-order valence-corrected chi connectivity index (χ2v) is 7.58. The Balaban J connectivity index is 0. The third-order valence-corrected chi connectivity index (χ3v) is 3.56. The van der Waals surface area contributed by atoms with Crippen LogP contribution in [0.5, 0.6) is 0 Å². The van der Waals surface area contributed by atoms with Gasteiger partial charge in [0.2, 0.25) is 0 Å². The van der Waals surface area contributed by atoms with Crippen LogP contribution >= 0.6 is 0 Å². The largest absolute Gasteiger partial charge is 0.330 e. The Kier molecular flexibility index (Phi) is 20.7. The monoisotopic (exact) mass is 337 g/mol. The highest BCUT2D eigenvalue weighted by Gasteiger charge is 1.93. The highest BCUT2D eigenvalue weighted by molar-refractivity contribution is 7.85. The molecule has 0 aliphatic rings. The Morgan fingerprint density at radius 1 is 0.682 bits per heavy atom. The normalized spacial score (nSPS) is 11.1. The fourth-order valence-corrected chi connectivity index (χ4v) is 2.34. The van der Waals surface area contributed by atoms with Crippen LogP contribution in [0.15, 0.2) is 0 Å². The van der Waals surface area contributed by atoms with E-state index in [1.54, 1.807) is 0 Å². The van der Waals surface area contributed by atoms with E-state index in [1.807, 2.05) is 0 Å². The number of rotatable bonds is 14. The zero-order valence-electron chi connectivity index (χ0n) is 14.9. The molecule has 0 atom stereocenters. The van der Waals surface area contributed by atoms with Gasteiger partial charge in [0.1, 0.15) is 0 Å². The number of hydrogen-bond acceptors (Lipinski definition) is 3. The summed E-state index contributed by atoms with van der Waals surface area (Å²) in [6, 6.07) is 0. The number of nitrogens with two attached hydrogens (primary N) is 1. The first-order chi connectivity index (χ1) is 10.4. The molecule has 0 heterocycles. The van der Waals surface area contributed by atoms with Crippen LogP contribution in [0.25, 0.3) is 0 Å². The molecule has 0 aliphatic carbocycles. The van der Waals surface area contributed by atoms with Gasteiger partial charge in [-0.15, -0.1) is 0 Å². The maximum absolute atomic E-state index is 9.19. The summed E-state index contributed by atoms with van der Waals surface area (Å²) in [6.45, 7) is 3.16. The molecule has 3 N–H and O–H groups in total. The van der Waals surface area contributed by atoms with Crippen LogP contribution in [-0.4, -0.2) is 25.8 Å². The number of hydrogen-bond donors (Lipinski definition) is 2. The van der Waals surface area contributed by atoms with Crippen LogP contribution in [0, 0.1) is 0 Å². The fourth-order valence-electron chi connectivity index (χ4n) is 2.34. The van der Waals surface area contributed by atoms with Gasteiger partial charge in [-0.3, -0.25) is 4.55 Å². The summed E-state index contributed by atoms with van der Waals surface area (Å²) in [5.74, 6) is 0. The Bertz CT molecular complexity index is 270. The summed E-state index contributed by atoms with van der Waals surface area (Å²) < 4.78 is 25.9. The zero-order chi connectivity index (χ0) is 17.1. The van der Waals surface area contributed by atoms with Crippen molar-refractivity contribution in [1.82, 2.24) is 0 Å². The summed E-state index contributed by atoms with van der Waals surface area (Å²) >= 11 is 0. The second kappa shape index (κ2) is 18.9. The Hall–Kier alpha value is -0.130. The summed E-state index contributed by atoms with van der Waals surface area (Å²) in [5, 5.41) is 0. The lowest BCUT2D eigenvalue weighted by Crippen LogP contribution is -1.97. The topological polar surface area (TPSA) is 80.4 Å². The van der Waals surface area contributed by atoms with Crippen molar-refractivity contribution in [2.24, 2.45) is 5.73 Å². The van der Waals surface area contributed by atoms with Crippen LogP contribution < -0.4 is 5.73 Å². The zero-order valence-corrected chi connectivity index (χ0v) is 15.7. The Morgan fingerprint density at radius 3 is 1.14 bits per heavy atom. The molecule has 0 aromatic rings. The van der Waals surface area contributed by atoms with E-state index < -0.39 is 10.1 Å². The molecular formula is C17H39NO3S. The van der Waals surface area contributed by atoms with Gasteiger partial charge in [0.05, 0.1) is 6.26 Å². The molecule has 5 heteroatoms. The van der Waals surface area contributed by atoms with Crippen molar-refractivity contribution >= 4 is 10.1 Å². The molecule has 0 unspecified atom stereocenters. The van der Waals surface area contributed by atoms with Gasteiger partial charge in [-0.2, -0.15) is 8.42 Å². The molecule has 0 saturated heterocycles. The van der Waals surface area contributed by atoms with E-state index in [-0.39, 0.29) is 0 Å². The van der Waals surface area contributed by atoms with E-state index in [0.717, 1.165) is 6.54 Å². The van der Waals surface area contributed by atoms with Gasteiger partial charge in [-0.25, -0.2) is 0 Å². The molecule has 0 spiro atoms. The van der Waals surface area contributed by atoms with Crippen molar-refractivity contribution in [3.8, 4) is 0 Å². The Labute approximate surface area is 139 Å². The van der Waals surface area contributed by atoms with Crippen molar-refractivity contribution in [2.75, 3.05) is 12.8 Å². The second-order valence-electron chi connectivity index (χ2n) is 6.12. The fraction of sp³-hybridized carbons (Fsp3) is 1.00. The molecule has 0 rings (SSSR count). The third-order valence-electron chi connectivity index (χ3n) is 3.56. The van der Waals surface area contributed by atoms with Crippen LogP contribution in [0.3, 0.4) is 0 Å². The molecule has 0 saturated carbocycles. The first-order valence-corrected chi connectivity index (χ1v) is 10.9. The molecule has 0 fully saturated rings. The van der Waals surface area contributed by atoms with Crippen molar-refractivity contribution in [1.29, 1.82) is 0 Å². The van der Waals surface area contributed by atoms with Crippen molar-refractivity contribution in [3.63, 3.8) is 0 Å². The summed E-state index contributed by atoms with van der Waals surface area (Å²) in [7, 11) is -3.67. The minimum Gasteiger partial charge on any atom is -0.330 e. The summed E-state index contributed by atoms with van der Waals surface area (Å²) in [6.07, 6.45) is 20.6. The SMILES string of the molecule is CCCCCCCCCCCCCCCCN.CS(=O)(=O)O. The molecule has 0 radical (unpaired) electrons. The van der Waals surface area contributed by atoms with Gasteiger partial charge >= 0.3 is 0 Å². The lowest BCUT2D eigenvalue weighted by molar-refractivity contribution is 0.490. The van der Waals surface area contributed by atoms with Crippen molar-refractivity contribution < 1.29 is 13.0 Å². The van der Waals surface area contributed by atoms with Gasteiger partial charge in [-0.05, 0) is 13.0 Å². The lowest BCUT2D eigenvalue weighted by atomic mass is 10.0. The first kappa shape index (κ1) is 24.1. The molecule has 0 aromatic heterocycles.